The van der Waals surface area contributed by atoms with Crippen LogP contribution in [-0.2, 0) is 0 Å². The maximum atomic E-state index is 14.1. The number of benzene rings is 1. The SMILES string of the molecule is C/C=N\NC(=NC)N1CCC(C)=C(c2cnc(C=CC(O)c3c(C)cccc3F)cn2)C1. The van der Waals surface area contributed by atoms with Gasteiger partial charge in [-0.3, -0.25) is 15.0 Å². The minimum absolute atomic E-state index is 0.269. The molecule has 0 aliphatic carbocycles. The van der Waals surface area contributed by atoms with Crippen LogP contribution in [0.4, 0.5) is 4.39 Å². The van der Waals surface area contributed by atoms with Crippen LogP contribution in [0.3, 0.4) is 0 Å². The Labute approximate surface area is 188 Å². The summed E-state index contributed by atoms with van der Waals surface area (Å²) in [5, 5.41) is 14.5. The second-order valence-electron chi connectivity index (χ2n) is 7.58. The third kappa shape index (κ3) is 5.45. The second-order valence-corrected chi connectivity index (χ2v) is 7.58. The molecule has 2 aromatic rings. The number of rotatable bonds is 5. The number of nitrogens with one attached hydrogen (secondary N) is 1. The molecule has 1 atom stereocenters. The van der Waals surface area contributed by atoms with Crippen LogP contribution in [0, 0.1) is 12.7 Å². The molecule has 2 N–H and O–H groups in total. The zero-order valence-electron chi connectivity index (χ0n) is 18.9. The summed E-state index contributed by atoms with van der Waals surface area (Å²) >= 11 is 0. The lowest BCUT2D eigenvalue weighted by Crippen LogP contribution is -2.42. The molecule has 32 heavy (non-hydrogen) atoms. The molecule has 0 saturated heterocycles. The van der Waals surface area contributed by atoms with Crippen LogP contribution in [0.2, 0.25) is 0 Å². The van der Waals surface area contributed by atoms with E-state index in [1.165, 1.54) is 17.7 Å². The van der Waals surface area contributed by atoms with Crippen molar-refractivity contribution in [2.24, 2.45) is 10.1 Å². The van der Waals surface area contributed by atoms with Crippen molar-refractivity contribution in [2.45, 2.75) is 33.3 Å². The Kier molecular flexibility index (Phi) is 7.83. The monoisotopic (exact) mass is 436 g/mol. The van der Waals surface area contributed by atoms with Gasteiger partial charge in [-0.05, 0) is 56.5 Å². The van der Waals surface area contributed by atoms with Crippen molar-refractivity contribution in [1.82, 2.24) is 20.3 Å². The van der Waals surface area contributed by atoms with Gasteiger partial charge in [0.25, 0.3) is 0 Å². The largest absolute Gasteiger partial charge is 0.384 e. The summed E-state index contributed by atoms with van der Waals surface area (Å²) in [5.41, 5.74) is 7.67. The number of guanidine groups is 1. The second kappa shape index (κ2) is 10.8. The lowest BCUT2D eigenvalue weighted by molar-refractivity contribution is 0.223. The first-order chi connectivity index (χ1) is 15.4. The zero-order chi connectivity index (χ0) is 23.1. The van der Waals surface area contributed by atoms with Crippen molar-refractivity contribution in [3.63, 3.8) is 0 Å². The minimum Gasteiger partial charge on any atom is -0.384 e. The summed E-state index contributed by atoms with van der Waals surface area (Å²) in [6, 6.07) is 4.74. The predicted octanol–water partition coefficient (Wildman–Crippen LogP) is 3.73. The Morgan fingerprint density at radius 2 is 2.09 bits per heavy atom. The number of aliphatic imine (C=N–C) groups is 1. The number of aryl methyl sites for hydroxylation is 1. The van der Waals surface area contributed by atoms with Gasteiger partial charge < -0.3 is 10.0 Å². The standard InChI is InChI=1S/C24H29FN6O/c1-5-29-30-24(26-4)31-12-11-16(2)19(15-31)21-14-27-18(13-28-21)9-10-22(32)23-17(3)7-6-8-20(23)25/h5-10,13-14,22,32H,11-12,15H2,1-4H3,(H,26,30)/b10-9?,29-5-. The molecule has 168 valence electrons. The van der Waals surface area contributed by atoms with Crippen molar-refractivity contribution in [2.75, 3.05) is 20.1 Å². The lowest BCUT2D eigenvalue weighted by Gasteiger charge is -2.31. The summed E-state index contributed by atoms with van der Waals surface area (Å²) in [6.45, 7) is 7.21. The van der Waals surface area contributed by atoms with Gasteiger partial charge in [0, 0.05) is 31.9 Å². The number of aliphatic hydroxyl groups is 1. The number of hydrazone groups is 1. The molecule has 1 unspecified atom stereocenters. The van der Waals surface area contributed by atoms with Gasteiger partial charge in [-0.25, -0.2) is 9.82 Å². The van der Waals surface area contributed by atoms with Crippen molar-refractivity contribution in [3.05, 3.63) is 70.6 Å². The molecule has 1 aliphatic heterocycles. The van der Waals surface area contributed by atoms with E-state index in [1.54, 1.807) is 50.8 Å². The number of aromatic nitrogens is 2. The third-order valence-corrected chi connectivity index (χ3v) is 5.42. The average molecular weight is 437 g/mol. The number of hydrogen-bond donors (Lipinski definition) is 2. The van der Waals surface area contributed by atoms with Crippen LogP contribution in [0.25, 0.3) is 11.6 Å². The first-order valence-corrected chi connectivity index (χ1v) is 10.5. The smallest absolute Gasteiger partial charge is 0.214 e. The van der Waals surface area contributed by atoms with Gasteiger partial charge in [0.15, 0.2) is 0 Å². The fraction of sp³-hybridized carbons (Fsp3) is 0.333. The Hall–Kier alpha value is -3.39. The lowest BCUT2D eigenvalue weighted by atomic mass is 9.99. The molecule has 0 bridgehead atoms. The van der Waals surface area contributed by atoms with E-state index in [1.807, 2.05) is 6.92 Å². The molecule has 8 heteroatoms. The van der Waals surface area contributed by atoms with Gasteiger partial charge >= 0.3 is 0 Å². The van der Waals surface area contributed by atoms with Gasteiger partial charge in [0.1, 0.15) is 11.9 Å². The summed E-state index contributed by atoms with van der Waals surface area (Å²) in [4.78, 5) is 15.5. The van der Waals surface area contributed by atoms with Gasteiger partial charge in [0.05, 0.1) is 23.8 Å². The first kappa shape index (κ1) is 23.3. The molecule has 0 spiro atoms. The van der Waals surface area contributed by atoms with Crippen LogP contribution in [0.15, 0.2) is 52.3 Å². The van der Waals surface area contributed by atoms with E-state index < -0.39 is 11.9 Å². The van der Waals surface area contributed by atoms with E-state index in [0.29, 0.717) is 23.8 Å². The van der Waals surface area contributed by atoms with Gasteiger partial charge in [-0.1, -0.05) is 17.7 Å². The van der Waals surface area contributed by atoms with Gasteiger partial charge in [0.2, 0.25) is 5.96 Å². The Morgan fingerprint density at radius 1 is 1.28 bits per heavy atom. The average Bonchev–Trinajstić information content (AvgIpc) is 2.79. The quantitative estimate of drug-likeness (QED) is 0.424. The summed E-state index contributed by atoms with van der Waals surface area (Å²) in [6.07, 6.45) is 8.06. The molecule has 0 saturated carbocycles. The normalized spacial score (nSPS) is 16.3. The molecule has 3 rings (SSSR count). The third-order valence-electron chi connectivity index (χ3n) is 5.42. The topological polar surface area (TPSA) is 86.0 Å². The van der Waals surface area contributed by atoms with Crippen molar-refractivity contribution >= 4 is 23.8 Å². The number of aliphatic hydroxyl groups excluding tert-OH is 1. The molecule has 1 aliphatic rings. The van der Waals surface area contributed by atoms with Gasteiger partial charge in [-0.15, -0.1) is 0 Å². The van der Waals surface area contributed by atoms with E-state index in [2.05, 4.69) is 37.3 Å². The Balaban J connectivity index is 1.74. The van der Waals surface area contributed by atoms with E-state index in [4.69, 9.17) is 0 Å². The Bertz CT molecular complexity index is 1040. The number of nitrogens with zero attached hydrogens (tertiary/aromatic N) is 5. The molecular weight excluding hydrogens is 407 g/mol. The molecule has 1 aromatic carbocycles. The highest BCUT2D eigenvalue weighted by Gasteiger charge is 2.21. The van der Waals surface area contributed by atoms with Crippen LogP contribution < -0.4 is 5.43 Å². The molecule has 2 heterocycles. The summed E-state index contributed by atoms with van der Waals surface area (Å²) in [5.74, 6) is 0.278. The van der Waals surface area contributed by atoms with E-state index in [9.17, 15) is 9.50 Å². The first-order valence-electron chi connectivity index (χ1n) is 10.5. The molecule has 7 nitrogen and oxygen atoms in total. The maximum absolute atomic E-state index is 14.1. The highest BCUT2D eigenvalue weighted by molar-refractivity contribution is 5.83. The highest BCUT2D eigenvalue weighted by Crippen LogP contribution is 2.26. The van der Waals surface area contributed by atoms with Crippen molar-refractivity contribution in [1.29, 1.82) is 0 Å². The Morgan fingerprint density at radius 3 is 2.75 bits per heavy atom. The van der Waals surface area contributed by atoms with Crippen LogP contribution in [-0.4, -0.2) is 52.3 Å². The maximum Gasteiger partial charge on any atom is 0.214 e. The molecule has 0 fully saturated rings. The molecule has 1 aromatic heterocycles. The van der Waals surface area contributed by atoms with Crippen LogP contribution in [0.1, 0.15) is 48.9 Å². The van der Waals surface area contributed by atoms with E-state index >= 15 is 0 Å². The van der Waals surface area contributed by atoms with E-state index in [0.717, 1.165) is 24.2 Å². The zero-order valence-corrected chi connectivity index (χ0v) is 18.9. The van der Waals surface area contributed by atoms with Crippen LogP contribution >= 0.6 is 0 Å². The predicted molar refractivity (Wildman–Crippen MR) is 127 cm³/mol. The minimum atomic E-state index is -1.06. The summed E-state index contributed by atoms with van der Waals surface area (Å²) < 4.78 is 14.1. The molecule has 0 amide bonds. The molecular formula is C24H29FN6O. The van der Waals surface area contributed by atoms with E-state index in [-0.39, 0.29) is 5.56 Å². The highest BCUT2D eigenvalue weighted by atomic mass is 19.1. The van der Waals surface area contributed by atoms with Crippen molar-refractivity contribution < 1.29 is 9.50 Å². The fourth-order valence-electron chi connectivity index (χ4n) is 3.61. The van der Waals surface area contributed by atoms with Crippen LogP contribution in [0.5, 0.6) is 0 Å². The summed E-state index contributed by atoms with van der Waals surface area (Å²) in [7, 11) is 1.73. The number of hydrogen-bond acceptors (Lipinski definition) is 5. The fourth-order valence-corrected chi connectivity index (χ4v) is 3.61. The number of halogens is 1. The molecule has 0 radical (unpaired) electrons. The van der Waals surface area contributed by atoms with Crippen molar-refractivity contribution in [3.8, 4) is 0 Å². The van der Waals surface area contributed by atoms with Gasteiger partial charge in [-0.2, -0.15) is 5.10 Å².